The zero-order valence-electron chi connectivity index (χ0n) is 40.7. The minimum absolute atomic E-state index is 0.187. The van der Waals surface area contributed by atoms with E-state index in [1.165, 1.54) is 77.0 Å². The Balaban J connectivity index is 8.02. The van der Waals surface area contributed by atoms with Crippen LogP contribution in [-0.4, -0.2) is 69.3 Å². The molecule has 0 aromatic carbocycles. The molecule has 0 aliphatic heterocycles. The first-order valence-electron chi connectivity index (χ1n) is 25.5. The Morgan fingerprint density at radius 2 is 0.655 bits per heavy atom. The summed E-state index contributed by atoms with van der Waals surface area (Å²) in [5.41, 5.74) is 14.1. The van der Waals surface area contributed by atoms with Crippen molar-refractivity contribution in [1.82, 2.24) is 0 Å². The van der Waals surface area contributed by atoms with E-state index in [4.69, 9.17) is 38.0 Å². The molecule has 0 aromatic heterocycles. The van der Waals surface area contributed by atoms with Gasteiger partial charge in [-0.3, -0.25) is 0 Å². The van der Waals surface area contributed by atoms with Gasteiger partial charge >= 0.3 is 17.6 Å². The number of nitrogens with two attached hydrogens (primary N) is 2. The molecule has 0 aromatic rings. The van der Waals surface area contributed by atoms with Gasteiger partial charge in [0, 0.05) is 51.7 Å². The maximum atomic E-state index is 7.59. The quantitative estimate of drug-likeness (QED) is 0.0460. The van der Waals surface area contributed by atoms with Gasteiger partial charge in [-0.05, 0) is 69.1 Å². The zero-order chi connectivity index (χ0) is 43.3. The molecular weight excluding hydrogens is 757 g/mol. The van der Waals surface area contributed by atoms with Crippen molar-refractivity contribution in [3.05, 3.63) is 0 Å². The average Bonchev–Trinajstić information content (AvgIpc) is 3.24. The second kappa shape index (κ2) is 38.8. The van der Waals surface area contributed by atoms with Gasteiger partial charge in [-0.25, -0.2) is 0 Å². The molecule has 350 valence electrons. The van der Waals surface area contributed by atoms with Crippen LogP contribution in [0.25, 0.3) is 0 Å². The lowest BCUT2D eigenvalue weighted by molar-refractivity contribution is -0.0000413. The highest BCUT2D eigenvalue weighted by atomic mass is 28.5. The molecule has 0 amide bonds. The van der Waals surface area contributed by atoms with E-state index in [1.54, 1.807) is 0 Å². The third-order valence-corrected chi connectivity index (χ3v) is 20.3. The second-order valence-electron chi connectivity index (χ2n) is 17.6. The van der Waals surface area contributed by atoms with Gasteiger partial charge in [-0.15, -0.1) is 0 Å². The minimum Gasteiger partial charge on any atom is -0.373 e. The lowest BCUT2D eigenvalue weighted by Crippen LogP contribution is -2.66. The summed E-state index contributed by atoms with van der Waals surface area (Å²) in [7, 11) is -7.35. The van der Waals surface area contributed by atoms with Crippen molar-refractivity contribution in [2.24, 2.45) is 29.2 Å². The van der Waals surface area contributed by atoms with Gasteiger partial charge < -0.3 is 38.0 Å². The topological polar surface area (TPSA) is 107 Å². The van der Waals surface area contributed by atoms with Crippen LogP contribution < -0.4 is 11.5 Å². The highest BCUT2D eigenvalue weighted by Crippen LogP contribution is 2.43. The monoisotopic (exact) mass is 861 g/mol. The van der Waals surface area contributed by atoms with Crippen molar-refractivity contribution in [3.63, 3.8) is 0 Å². The molecule has 0 heterocycles. The Morgan fingerprint density at radius 3 is 0.931 bits per heavy atom. The standard InChI is InChI=1S/C48H104N2O6Si2/c1-11-21-27-30-36-51-57(52-37-31-28-22-12-2,53-38-32-29-23-13-3)48(39-47(50)46(49)20-10)58(54-40-43(17-7)33-24-14-4,55-41-44(18-8)34-25-15-5)56-42-45(19-9)35-26-16-6/h43-48H,11-42,49-50H2,1-10H3. The SMILES string of the molecule is CCCCCCO[Si](OCCCCCC)(OCCCCCC)C(CC(N)C(N)CC)[Si](OCC(CC)CCCC)(OCC(CC)CCCC)OCC(CC)CCCC. The smallest absolute Gasteiger partial charge is 0.373 e. The summed E-state index contributed by atoms with van der Waals surface area (Å²) in [4.78, 5) is 0. The summed E-state index contributed by atoms with van der Waals surface area (Å²) in [5.74, 6) is 1.23. The highest BCUT2D eigenvalue weighted by molar-refractivity contribution is 6.82. The first kappa shape index (κ1) is 58.1. The van der Waals surface area contributed by atoms with Crippen molar-refractivity contribution < 1.29 is 26.6 Å². The van der Waals surface area contributed by atoms with E-state index in [0.717, 1.165) is 83.5 Å². The average molecular weight is 862 g/mol. The molecule has 0 aliphatic rings. The van der Waals surface area contributed by atoms with Crippen LogP contribution in [0.1, 0.15) is 236 Å². The molecule has 10 heteroatoms. The van der Waals surface area contributed by atoms with Crippen molar-refractivity contribution >= 4 is 17.6 Å². The molecule has 4 N–H and O–H groups in total. The first-order valence-corrected chi connectivity index (χ1v) is 29.1. The molecular formula is C48H104N2O6Si2. The Kier molecular flexibility index (Phi) is 38.8. The number of hydrogen-bond acceptors (Lipinski definition) is 8. The lowest BCUT2D eigenvalue weighted by Gasteiger charge is -2.45. The molecule has 8 nitrogen and oxygen atoms in total. The van der Waals surface area contributed by atoms with Gasteiger partial charge in [0.05, 0.1) is 0 Å². The normalized spacial score (nSPS) is 16.6. The zero-order valence-corrected chi connectivity index (χ0v) is 42.7. The molecule has 0 rings (SSSR count). The van der Waals surface area contributed by atoms with Crippen LogP contribution in [-0.2, 0) is 26.6 Å². The first-order chi connectivity index (χ1) is 28.2. The number of hydrogen-bond donors (Lipinski definition) is 2. The van der Waals surface area contributed by atoms with Gasteiger partial charge in [0.15, 0.2) is 0 Å². The molecule has 0 aliphatic carbocycles. The van der Waals surface area contributed by atoms with E-state index in [0.29, 0.717) is 63.8 Å². The molecule has 6 unspecified atom stereocenters. The summed E-state index contributed by atoms with van der Waals surface area (Å²) >= 11 is 0. The van der Waals surface area contributed by atoms with E-state index < -0.39 is 17.6 Å². The van der Waals surface area contributed by atoms with Gasteiger partial charge in [-0.1, -0.05) is 185 Å². The minimum atomic E-state index is -3.71. The third-order valence-electron chi connectivity index (χ3n) is 12.5. The Hall–Kier alpha value is 0.114. The van der Waals surface area contributed by atoms with Crippen LogP contribution in [0.5, 0.6) is 0 Å². The predicted molar refractivity (Wildman–Crippen MR) is 254 cm³/mol. The van der Waals surface area contributed by atoms with Gasteiger partial charge in [-0.2, -0.15) is 0 Å². The number of rotatable bonds is 45. The van der Waals surface area contributed by atoms with Crippen LogP contribution in [0.2, 0.25) is 5.16 Å². The molecule has 0 fully saturated rings. The molecule has 0 radical (unpaired) electrons. The largest absolute Gasteiger partial charge is 0.508 e. The van der Waals surface area contributed by atoms with Gasteiger partial charge in [0.25, 0.3) is 0 Å². The predicted octanol–water partition coefficient (Wildman–Crippen LogP) is 13.7. The highest BCUT2D eigenvalue weighted by Gasteiger charge is 2.66. The van der Waals surface area contributed by atoms with Crippen molar-refractivity contribution in [1.29, 1.82) is 0 Å². The fraction of sp³-hybridized carbons (Fsp3) is 1.00. The van der Waals surface area contributed by atoms with Crippen LogP contribution in [0.4, 0.5) is 0 Å². The Morgan fingerprint density at radius 1 is 0.345 bits per heavy atom. The summed E-state index contributed by atoms with van der Waals surface area (Å²) in [6.07, 6.45) is 28.2. The van der Waals surface area contributed by atoms with E-state index in [-0.39, 0.29) is 17.2 Å². The van der Waals surface area contributed by atoms with Crippen molar-refractivity contribution in [3.8, 4) is 0 Å². The molecule has 0 saturated carbocycles. The summed E-state index contributed by atoms with van der Waals surface area (Å²) < 4.78 is 44.8. The third kappa shape index (κ3) is 25.3. The van der Waals surface area contributed by atoms with Crippen LogP contribution in [0.15, 0.2) is 0 Å². The van der Waals surface area contributed by atoms with Gasteiger partial charge in [0.1, 0.15) is 5.16 Å². The summed E-state index contributed by atoms with van der Waals surface area (Å²) in [6.45, 7) is 26.2. The van der Waals surface area contributed by atoms with Crippen LogP contribution in [0.3, 0.4) is 0 Å². The maximum Gasteiger partial charge on any atom is 0.508 e. The molecule has 6 atom stereocenters. The van der Waals surface area contributed by atoms with Crippen LogP contribution >= 0.6 is 0 Å². The summed E-state index contributed by atoms with van der Waals surface area (Å²) in [5, 5.41) is -0.382. The van der Waals surface area contributed by atoms with E-state index >= 15 is 0 Å². The number of unbranched alkanes of at least 4 members (excludes halogenated alkanes) is 12. The molecule has 0 spiro atoms. The van der Waals surface area contributed by atoms with Crippen molar-refractivity contribution in [2.45, 2.75) is 253 Å². The Bertz CT molecular complexity index is 790. The second-order valence-corrected chi connectivity index (χ2v) is 23.8. The van der Waals surface area contributed by atoms with Gasteiger partial charge in [0.2, 0.25) is 0 Å². The fourth-order valence-electron chi connectivity index (χ4n) is 7.73. The molecule has 0 bridgehead atoms. The molecule has 58 heavy (non-hydrogen) atoms. The Labute approximate surface area is 365 Å². The molecule has 0 saturated heterocycles. The fourth-order valence-corrected chi connectivity index (χ4v) is 16.5. The van der Waals surface area contributed by atoms with E-state index in [2.05, 4.69) is 69.2 Å². The van der Waals surface area contributed by atoms with Crippen LogP contribution in [0, 0.1) is 17.8 Å². The summed E-state index contributed by atoms with van der Waals surface area (Å²) in [6, 6.07) is -0.500. The van der Waals surface area contributed by atoms with Crippen molar-refractivity contribution in [2.75, 3.05) is 39.6 Å². The maximum absolute atomic E-state index is 7.59. The lowest BCUT2D eigenvalue weighted by atomic mass is 10.0. The van der Waals surface area contributed by atoms with E-state index in [9.17, 15) is 0 Å². The van der Waals surface area contributed by atoms with E-state index in [1.807, 2.05) is 0 Å².